The molecule has 2 nitrogen and oxygen atoms in total. The molecule has 0 radical (unpaired) electrons. The molecule has 1 aliphatic carbocycles. The fourth-order valence-electron chi connectivity index (χ4n) is 2.77. The van der Waals surface area contributed by atoms with E-state index in [-0.39, 0.29) is 16.4 Å². The average Bonchev–Trinajstić information content (AvgIpc) is 2.73. The summed E-state index contributed by atoms with van der Waals surface area (Å²) in [4.78, 5) is 4.79. The summed E-state index contributed by atoms with van der Waals surface area (Å²) in [6.07, 6.45) is 4.55. The summed E-state index contributed by atoms with van der Waals surface area (Å²) in [7, 11) is 0. The van der Waals surface area contributed by atoms with Crippen LogP contribution in [0.15, 0.2) is 5.38 Å². The molecule has 0 amide bonds. The highest BCUT2D eigenvalue weighted by Gasteiger charge is 2.46. The van der Waals surface area contributed by atoms with Crippen LogP contribution in [0, 0.1) is 5.41 Å². The second-order valence-electron chi connectivity index (χ2n) is 7.45. The van der Waals surface area contributed by atoms with Gasteiger partial charge in [-0.1, -0.05) is 41.0 Å². The third-order valence-corrected chi connectivity index (χ3v) is 5.41. The molecular weight excluding hydrogens is 240 g/mol. The quantitative estimate of drug-likeness (QED) is 0.882. The van der Waals surface area contributed by atoms with Gasteiger partial charge in [-0.25, -0.2) is 4.98 Å². The Hall–Kier alpha value is -0.410. The summed E-state index contributed by atoms with van der Waals surface area (Å²) in [5, 5.41) is 3.40. The zero-order valence-corrected chi connectivity index (χ0v) is 13.2. The lowest BCUT2D eigenvalue weighted by Crippen LogP contribution is -2.50. The van der Waals surface area contributed by atoms with E-state index >= 15 is 0 Å². The normalized spacial score (nSPS) is 27.7. The second-order valence-corrected chi connectivity index (χ2v) is 8.39. The Labute approximate surface area is 115 Å². The molecule has 3 heteroatoms. The molecular formula is C15H26N2S. The van der Waals surface area contributed by atoms with Crippen LogP contribution in [-0.2, 0) is 11.8 Å². The smallest absolute Gasteiger partial charge is 0.0947 e. The van der Waals surface area contributed by atoms with Crippen molar-refractivity contribution < 1.29 is 0 Å². The molecule has 18 heavy (non-hydrogen) atoms. The summed E-state index contributed by atoms with van der Waals surface area (Å²) in [6.45, 7) is 11.2. The Morgan fingerprint density at radius 2 is 2.00 bits per heavy atom. The molecule has 0 saturated heterocycles. The zero-order chi connectivity index (χ0) is 13.6. The van der Waals surface area contributed by atoms with Crippen LogP contribution in [0.4, 0.5) is 0 Å². The molecule has 0 aromatic carbocycles. The van der Waals surface area contributed by atoms with E-state index in [1.54, 1.807) is 11.3 Å². The third-order valence-electron chi connectivity index (χ3n) is 4.56. The van der Waals surface area contributed by atoms with Crippen molar-refractivity contribution in [2.24, 2.45) is 11.1 Å². The van der Waals surface area contributed by atoms with Crippen molar-refractivity contribution in [3.05, 3.63) is 16.1 Å². The molecule has 1 aromatic heterocycles. The van der Waals surface area contributed by atoms with Gasteiger partial charge < -0.3 is 5.73 Å². The molecule has 0 spiro atoms. The molecule has 102 valence electrons. The Bertz CT molecular complexity index is 428. The van der Waals surface area contributed by atoms with Gasteiger partial charge in [-0.15, -0.1) is 11.3 Å². The van der Waals surface area contributed by atoms with E-state index in [0.717, 1.165) is 12.8 Å². The van der Waals surface area contributed by atoms with Crippen molar-refractivity contribution in [3.63, 3.8) is 0 Å². The van der Waals surface area contributed by atoms with Gasteiger partial charge in [-0.05, 0) is 18.3 Å². The lowest BCUT2D eigenvalue weighted by Gasteiger charge is -2.37. The molecule has 2 rings (SSSR count). The van der Waals surface area contributed by atoms with E-state index in [1.807, 2.05) is 0 Å². The van der Waals surface area contributed by atoms with Crippen molar-refractivity contribution in [1.82, 2.24) is 4.98 Å². The molecule has 1 aliphatic rings. The number of hydrogen-bond acceptors (Lipinski definition) is 3. The molecule has 1 heterocycles. The van der Waals surface area contributed by atoms with E-state index in [9.17, 15) is 0 Å². The molecule has 1 unspecified atom stereocenters. The van der Waals surface area contributed by atoms with Crippen molar-refractivity contribution in [2.45, 2.75) is 71.3 Å². The maximum atomic E-state index is 6.65. The first-order valence-corrected chi connectivity index (χ1v) is 7.76. The van der Waals surface area contributed by atoms with Crippen LogP contribution in [0.3, 0.4) is 0 Å². The predicted molar refractivity (Wildman–Crippen MR) is 79.1 cm³/mol. The van der Waals surface area contributed by atoms with Crippen LogP contribution in [0.2, 0.25) is 0 Å². The topological polar surface area (TPSA) is 38.9 Å². The van der Waals surface area contributed by atoms with Gasteiger partial charge in [-0.3, -0.25) is 0 Å². The molecule has 0 bridgehead atoms. The van der Waals surface area contributed by atoms with E-state index in [4.69, 9.17) is 10.7 Å². The fourth-order valence-corrected chi connectivity index (χ4v) is 3.91. The number of nitrogens with two attached hydrogens (primary N) is 1. The van der Waals surface area contributed by atoms with Gasteiger partial charge in [0.15, 0.2) is 0 Å². The lowest BCUT2D eigenvalue weighted by molar-refractivity contribution is 0.207. The van der Waals surface area contributed by atoms with E-state index in [1.165, 1.54) is 23.5 Å². The molecule has 0 aliphatic heterocycles. The van der Waals surface area contributed by atoms with Gasteiger partial charge in [-0.2, -0.15) is 0 Å². The Morgan fingerprint density at radius 1 is 1.33 bits per heavy atom. The van der Waals surface area contributed by atoms with Crippen LogP contribution in [0.1, 0.15) is 64.6 Å². The zero-order valence-electron chi connectivity index (χ0n) is 12.3. The third kappa shape index (κ3) is 2.48. The summed E-state index contributed by atoms with van der Waals surface area (Å²) in [5.41, 5.74) is 8.16. The average molecular weight is 266 g/mol. The number of nitrogens with zero attached hydrogens (tertiary/aromatic N) is 1. The minimum atomic E-state index is -0.0694. The minimum Gasteiger partial charge on any atom is -0.324 e. The summed E-state index contributed by atoms with van der Waals surface area (Å²) in [6, 6.07) is 0. The molecule has 1 fully saturated rings. The van der Waals surface area contributed by atoms with Gasteiger partial charge in [0, 0.05) is 22.8 Å². The van der Waals surface area contributed by atoms with Crippen LogP contribution in [0.5, 0.6) is 0 Å². The monoisotopic (exact) mass is 266 g/mol. The van der Waals surface area contributed by atoms with E-state index in [2.05, 4.69) is 40.0 Å². The maximum absolute atomic E-state index is 6.65. The standard InChI is InChI=1S/C15H26N2S/c1-13(2,3)11-10-18-12(17-11)9-15(16)8-6-7-14(15,4)5/h10H,6-9,16H2,1-5H3. The van der Waals surface area contributed by atoms with Gasteiger partial charge in [0.05, 0.1) is 10.7 Å². The van der Waals surface area contributed by atoms with Crippen LogP contribution < -0.4 is 5.73 Å². The van der Waals surface area contributed by atoms with Crippen LogP contribution in [0.25, 0.3) is 0 Å². The number of rotatable bonds is 2. The van der Waals surface area contributed by atoms with Crippen molar-refractivity contribution in [1.29, 1.82) is 0 Å². The van der Waals surface area contributed by atoms with Crippen molar-refractivity contribution in [2.75, 3.05) is 0 Å². The number of aromatic nitrogens is 1. The Kier molecular flexibility index (Phi) is 3.35. The van der Waals surface area contributed by atoms with Gasteiger partial charge in [0.2, 0.25) is 0 Å². The second kappa shape index (κ2) is 4.31. The predicted octanol–water partition coefficient (Wildman–Crippen LogP) is 3.89. The molecule has 2 N–H and O–H groups in total. The number of hydrogen-bond donors (Lipinski definition) is 1. The fraction of sp³-hybridized carbons (Fsp3) is 0.800. The molecule has 1 aromatic rings. The first-order chi connectivity index (χ1) is 8.14. The Morgan fingerprint density at radius 3 is 2.44 bits per heavy atom. The SMILES string of the molecule is CC(C)(C)c1csc(CC2(N)CCCC2(C)C)n1. The van der Waals surface area contributed by atoms with E-state index < -0.39 is 0 Å². The highest BCUT2D eigenvalue weighted by Crippen LogP contribution is 2.46. The minimum absolute atomic E-state index is 0.0694. The van der Waals surface area contributed by atoms with Gasteiger partial charge in [0.1, 0.15) is 0 Å². The highest BCUT2D eigenvalue weighted by molar-refractivity contribution is 7.09. The highest BCUT2D eigenvalue weighted by atomic mass is 32.1. The first-order valence-electron chi connectivity index (χ1n) is 6.88. The Balaban J connectivity index is 2.17. The van der Waals surface area contributed by atoms with Gasteiger partial charge in [0.25, 0.3) is 0 Å². The first kappa shape index (κ1) is 14.0. The summed E-state index contributed by atoms with van der Waals surface area (Å²) < 4.78 is 0. The van der Waals surface area contributed by atoms with Crippen molar-refractivity contribution in [3.8, 4) is 0 Å². The molecule has 1 atom stereocenters. The van der Waals surface area contributed by atoms with Crippen LogP contribution in [-0.4, -0.2) is 10.5 Å². The molecule has 1 saturated carbocycles. The van der Waals surface area contributed by atoms with E-state index in [0.29, 0.717) is 0 Å². The van der Waals surface area contributed by atoms with Crippen molar-refractivity contribution >= 4 is 11.3 Å². The summed E-state index contributed by atoms with van der Waals surface area (Å²) >= 11 is 1.77. The number of thiazole rings is 1. The largest absolute Gasteiger partial charge is 0.324 e. The van der Waals surface area contributed by atoms with Gasteiger partial charge >= 0.3 is 0 Å². The summed E-state index contributed by atoms with van der Waals surface area (Å²) in [5.74, 6) is 0. The maximum Gasteiger partial charge on any atom is 0.0947 e. The van der Waals surface area contributed by atoms with Crippen LogP contribution >= 0.6 is 11.3 Å². The lowest BCUT2D eigenvalue weighted by atomic mass is 9.74.